The third-order valence-electron chi connectivity index (χ3n) is 3.09. The summed E-state index contributed by atoms with van der Waals surface area (Å²) in [6.45, 7) is 2.88. The largest absolute Gasteiger partial charge is 0.350 e. The summed E-state index contributed by atoms with van der Waals surface area (Å²) in [6, 6.07) is 4.69. The molecule has 1 N–H and O–H groups in total. The molecule has 0 radical (unpaired) electrons. The van der Waals surface area contributed by atoms with Crippen molar-refractivity contribution in [1.29, 1.82) is 0 Å². The normalized spacial score (nSPS) is 11.1. The van der Waals surface area contributed by atoms with Gasteiger partial charge in [0.25, 0.3) is 0 Å². The van der Waals surface area contributed by atoms with Gasteiger partial charge in [-0.3, -0.25) is 4.99 Å². The zero-order chi connectivity index (χ0) is 16.1. The number of aromatic nitrogens is 1. The molecule has 0 aliphatic carbocycles. The van der Waals surface area contributed by atoms with Crippen LogP contribution in [0.4, 0.5) is 4.39 Å². The zero-order valence-corrected chi connectivity index (χ0v) is 17.0. The number of rotatable bonds is 4. The molecule has 126 valence electrons. The number of nitrogens with one attached hydrogen (secondary N) is 1. The number of benzene rings is 1. The zero-order valence-electron chi connectivity index (χ0n) is 13.1. The monoisotopic (exact) mass is 468 g/mol. The highest BCUT2D eigenvalue weighted by molar-refractivity contribution is 14.0. The van der Waals surface area contributed by atoms with Gasteiger partial charge >= 0.3 is 0 Å². The molecule has 0 unspecified atom stereocenters. The third kappa shape index (κ3) is 5.58. The molecule has 4 nitrogen and oxygen atoms in total. The second-order valence-corrected chi connectivity index (χ2v) is 6.19. The molecular formula is C15H19ClFIN4S. The van der Waals surface area contributed by atoms with Crippen molar-refractivity contribution < 1.29 is 4.39 Å². The van der Waals surface area contributed by atoms with E-state index in [9.17, 15) is 4.39 Å². The minimum atomic E-state index is -0.314. The molecule has 0 aliphatic rings. The second-order valence-electron chi connectivity index (χ2n) is 4.84. The summed E-state index contributed by atoms with van der Waals surface area (Å²) >= 11 is 7.66. The van der Waals surface area contributed by atoms with Crippen molar-refractivity contribution in [3.63, 3.8) is 0 Å². The fourth-order valence-corrected chi connectivity index (χ4v) is 2.95. The summed E-state index contributed by atoms with van der Waals surface area (Å²) in [4.78, 5) is 10.4. The van der Waals surface area contributed by atoms with Crippen LogP contribution in [0.5, 0.6) is 0 Å². The molecule has 1 aromatic carbocycles. The minimum absolute atomic E-state index is 0. The van der Waals surface area contributed by atoms with Gasteiger partial charge in [0.2, 0.25) is 0 Å². The average Bonchev–Trinajstić information content (AvgIpc) is 2.89. The van der Waals surface area contributed by atoms with Crippen LogP contribution in [0.3, 0.4) is 0 Å². The predicted molar refractivity (Wildman–Crippen MR) is 105 cm³/mol. The molecule has 0 amide bonds. The van der Waals surface area contributed by atoms with Crippen LogP contribution < -0.4 is 5.32 Å². The summed E-state index contributed by atoms with van der Waals surface area (Å²) in [7, 11) is 3.53. The molecule has 0 saturated carbocycles. The number of halogens is 3. The number of thiazole rings is 1. The van der Waals surface area contributed by atoms with Crippen LogP contribution in [0, 0.1) is 12.7 Å². The molecule has 1 heterocycles. The first-order valence-electron chi connectivity index (χ1n) is 6.77. The van der Waals surface area contributed by atoms with Gasteiger partial charge in [0.1, 0.15) is 10.8 Å². The number of hydrogen-bond acceptors (Lipinski definition) is 3. The van der Waals surface area contributed by atoms with Crippen LogP contribution in [0.2, 0.25) is 5.02 Å². The quantitative estimate of drug-likeness (QED) is 0.418. The highest BCUT2D eigenvalue weighted by Crippen LogP contribution is 2.20. The Hall–Kier alpha value is -0.930. The van der Waals surface area contributed by atoms with E-state index >= 15 is 0 Å². The molecule has 2 aromatic rings. The Labute approximate surface area is 161 Å². The Morgan fingerprint density at radius 1 is 1.48 bits per heavy atom. The first-order valence-corrected chi connectivity index (χ1v) is 8.02. The lowest BCUT2D eigenvalue weighted by molar-refractivity contribution is 0.460. The number of hydrogen-bond donors (Lipinski definition) is 1. The molecule has 0 atom stereocenters. The van der Waals surface area contributed by atoms with Crippen LogP contribution >= 0.6 is 46.9 Å². The molecule has 23 heavy (non-hydrogen) atoms. The fraction of sp³-hybridized carbons (Fsp3) is 0.333. The van der Waals surface area contributed by atoms with Crippen molar-refractivity contribution in [2.75, 3.05) is 14.1 Å². The topological polar surface area (TPSA) is 40.5 Å². The van der Waals surface area contributed by atoms with E-state index in [0.717, 1.165) is 10.7 Å². The Morgan fingerprint density at radius 3 is 2.78 bits per heavy atom. The lowest BCUT2D eigenvalue weighted by Gasteiger charge is -2.22. The van der Waals surface area contributed by atoms with Gasteiger partial charge in [-0.05, 0) is 19.1 Å². The van der Waals surface area contributed by atoms with Gasteiger partial charge in [-0.25, -0.2) is 9.37 Å². The SMILES string of the molecule is CN=C(NCc1nc(C)cs1)N(C)Cc1c(F)cccc1Cl.I. The van der Waals surface area contributed by atoms with Gasteiger partial charge in [0.05, 0.1) is 6.54 Å². The maximum atomic E-state index is 13.9. The predicted octanol–water partition coefficient (Wildman–Crippen LogP) is 4.07. The summed E-state index contributed by atoms with van der Waals surface area (Å²) in [5.74, 6) is 0.345. The van der Waals surface area contributed by atoms with E-state index in [-0.39, 0.29) is 29.8 Å². The van der Waals surface area contributed by atoms with E-state index in [1.165, 1.54) is 6.07 Å². The highest BCUT2D eigenvalue weighted by Gasteiger charge is 2.13. The molecule has 1 aromatic heterocycles. The molecular weight excluding hydrogens is 450 g/mol. The van der Waals surface area contributed by atoms with Crippen molar-refractivity contribution in [3.05, 3.63) is 50.7 Å². The second kappa shape index (κ2) is 9.39. The average molecular weight is 469 g/mol. The molecule has 0 bridgehead atoms. The summed E-state index contributed by atoms with van der Waals surface area (Å²) < 4.78 is 13.9. The number of nitrogens with zero attached hydrogens (tertiary/aromatic N) is 3. The van der Waals surface area contributed by atoms with Gasteiger partial charge in [-0.15, -0.1) is 35.3 Å². The van der Waals surface area contributed by atoms with E-state index in [2.05, 4.69) is 15.3 Å². The van der Waals surface area contributed by atoms with Crippen molar-refractivity contribution in [2.45, 2.75) is 20.0 Å². The van der Waals surface area contributed by atoms with Crippen LogP contribution in [0.1, 0.15) is 16.3 Å². The van der Waals surface area contributed by atoms with E-state index < -0.39 is 0 Å². The summed E-state index contributed by atoms with van der Waals surface area (Å²) in [5, 5.41) is 6.62. The van der Waals surface area contributed by atoms with Gasteiger partial charge in [-0.2, -0.15) is 0 Å². The maximum absolute atomic E-state index is 13.9. The lowest BCUT2D eigenvalue weighted by Crippen LogP contribution is -2.38. The molecule has 0 spiro atoms. The minimum Gasteiger partial charge on any atom is -0.350 e. The summed E-state index contributed by atoms with van der Waals surface area (Å²) in [6.07, 6.45) is 0. The van der Waals surface area contributed by atoms with E-state index in [0.29, 0.717) is 29.6 Å². The lowest BCUT2D eigenvalue weighted by atomic mass is 10.2. The molecule has 8 heteroatoms. The molecule has 2 rings (SSSR count). The van der Waals surface area contributed by atoms with Crippen LogP contribution in [0.15, 0.2) is 28.6 Å². The van der Waals surface area contributed by atoms with Crippen LogP contribution in [-0.4, -0.2) is 29.9 Å². The van der Waals surface area contributed by atoms with Gasteiger partial charge < -0.3 is 10.2 Å². The van der Waals surface area contributed by atoms with E-state index in [1.807, 2.05) is 24.3 Å². The van der Waals surface area contributed by atoms with Crippen LogP contribution in [-0.2, 0) is 13.1 Å². The maximum Gasteiger partial charge on any atom is 0.194 e. The Bertz CT molecular complexity index is 657. The number of aryl methyl sites for hydroxylation is 1. The Balaban J connectivity index is 0.00000264. The van der Waals surface area contributed by atoms with Gasteiger partial charge in [-0.1, -0.05) is 17.7 Å². The van der Waals surface area contributed by atoms with Crippen LogP contribution in [0.25, 0.3) is 0 Å². The highest BCUT2D eigenvalue weighted by atomic mass is 127. The van der Waals surface area contributed by atoms with Crippen molar-refractivity contribution in [1.82, 2.24) is 15.2 Å². The molecule has 0 fully saturated rings. The van der Waals surface area contributed by atoms with E-state index in [4.69, 9.17) is 11.6 Å². The molecule has 0 aliphatic heterocycles. The fourth-order valence-electron chi connectivity index (χ4n) is 2.02. The molecule has 0 saturated heterocycles. The number of guanidine groups is 1. The van der Waals surface area contributed by atoms with E-state index in [1.54, 1.807) is 30.5 Å². The van der Waals surface area contributed by atoms with Crippen molar-refractivity contribution in [3.8, 4) is 0 Å². The van der Waals surface area contributed by atoms with Crippen molar-refractivity contribution >= 4 is 52.9 Å². The van der Waals surface area contributed by atoms with Crippen molar-refractivity contribution in [2.24, 2.45) is 4.99 Å². The first-order chi connectivity index (χ1) is 10.5. The van der Waals surface area contributed by atoms with Gasteiger partial charge in [0, 0.05) is 42.3 Å². The number of aliphatic imine (C=N–C) groups is 1. The smallest absolute Gasteiger partial charge is 0.194 e. The Kier molecular flexibility index (Phi) is 8.21. The standard InChI is InChI=1S/C15H18ClFN4S.HI/c1-10-9-22-14(20-10)7-19-15(18-2)21(3)8-11-12(16)5-4-6-13(11)17;/h4-6,9H,7-8H2,1-3H3,(H,18,19);1H. The van der Waals surface area contributed by atoms with Gasteiger partial charge in [0.15, 0.2) is 5.96 Å². The Morgan fingerprint density at radius 2 is 2.22 bits per heavy atom. The summed E-state index contributed by atoms with van der Waals surface area (Å²) in [5.41, 5.74) is 1.46. The third-order valence-corrected chi connectivity index (χ3v) is 4.42. The first kappa shape index (κ1) is 20.1.